The molecule has 1 aliphatic heterocycles. The van der Waals surface area contributed by atoms with Gasteiger partial charge in [-0.1, -0.05) is 24.3 Å². The number of rotatable bonds is 8. The molecule has 0 spiro atoms. The summed E-state index contributed by atoms with van der Waals surface area (Å²) in [6.07, 6.45) is 5.34. The van der Waals surface area contributed by atoms with Crippen LogP contribution in [0.25, 0.3) is 22.3 Å². The Labute approximate surface area is 257 Å². The van der Waals surface area contributed by atoms with Crippen LogP contribution in [0.15, 0.2) is 53.7 Å². The number of piperazine rings is 1. The summed E-state index contributed by atoms with van der Waals surface area (Å²) in [6, 6.07) is 10.5. The van der Waals surface area contributed by atoms with Gasteiger partial charge in [-0.05, 0) is 67.6 Å². The van der Waals surface area contributed by atoms with E-state index in [0.29, 0.717) is 28.3 Å². The molecule has 4 aromatic rings. The summed E-state index contributed by atoms with van der Waals surface area (Å²) >= 11 is -2.62. The quantitative estimate of drug-likeness (QED) is 0.273. The van der Waals surface area contributed by atoms with Gasteiger partial charge in [-0.25, -0.2) is 27.5 Å². The van der Waals surface area contributed by atoms with Crippen LogP contribution in [0.5, 0.6) is 0 Å². The van der Waals surface area contributed by atoms with E-state index in [9.17, 15) is 17.2 Å². The van der Waals surface area contributed by atoms with Crippen LogP contribution in [-0.2, 0) is 26.9 Å². The van der Waals surface area contributed by atoms with E-state index in [1.165, 1.54) is 42.7 Å². The second kappa shape index (κ2) is 12.5. The molecule has 1 saturated carbocycles. The highest BCUT2D eigenvalue weighted by Gasteiger charge is 2.31. The van der Waals surface area contributed by atoms with Crippen LogP contribution >= 0.6 is 0 Å². The van der Waals surface area contributed by atoms with E-state index >= 15 is 4.39 Å². The minimum Gasteiger partial charge on any atom is -0.768 e. The van der Waals surface area contributed by atoms with Crippen molar-refractivity contribution in [3.05, 3.63) is 60.2 Å². The number of hydrogen-bond donors (Lipinski definition) is 2. The van der Waals surface area contributed by atoms with E-state index in [1.54, 1.807) is 6.07 Å². The van der Waals surface area contributed by atoms with Gasteiger partial charge in [0.25, 0.3) is 0 Å². The zero-order valence-electron chi connectivity index (χ0n) is 24.2. The molecule has 1 unspecified atom stereocenters. The number of halogens is 1. The summed E-state index contributed by atoms with van der Waals surface area (Å²) in [7, 11) is -1.98. The van der Waals surface area contributed by atoms with Gasteiger partial charge in [-0.15, -0.1) is 0 Å². The number of nitrogens with one attached hydrogen (secondary N) is 1. The third-order valence-corrected chi connectivity index (χ3v) is 10.6. The van der Waals surface area contributed by atoms with Crippen LogP contribution < -0.4 is 10.5 Å². The van der Waals surface area contributed by atoms with Crippen molar-refractivity contribution in [2.75, 3.05) is 43.7 Å². The number of hydrogen-bond acceptors (Lipinski definition) is 10. The van der Waals surface area contributed by atoms with Gasteiger partial charge in [0.2, 0.25) is 10.0 Å². The molecule has 6 rings (SSSR count). The Kier molecular flexibility index (Phi) is 8.66. The summed E-state index contributed by atoms with van der Waals surface area (Å²) in [6.45, 7) is 4.32. The molecule has 12 nitrogen and oxygen atoms in total. The molecule has 2 aromatic carbocycles. The van der Waals surface area contributed by atoms with Crippen molar-refractivity contribution in [2.24, 2.45) is 0 Å². The Morgan fingerprint density at radius 3 is 2.45 bits per heavy atom. The molecular weight excluding hydrogens is 608 g/mol. The second-order valence-electron chi connectivity index (χ2n) is 11.5. The lowest BCUT2D eigenvalue weighted by Gasteiger charge is -2.41. The Hall–Kier alpha value is -3.50. The monoisotopic (exact) mass is 641 g/mol. The van der Waals surface area contributed by atoms with Crippen LogP contribution in [0.1, 0.15) is 37.3 Å². The van der Waals surface area contributed by atoms with Gasteiger partial charge in [-0.2, -0.15) is 5.10 Å². The molecule has 2 aromatic heterocycles. The lowest BCUT2D eigenvalue weighted by Crippen LogP contribution is -2.49. The summed E-state index contributed by atoms with van der Waals surface area (Å²) in [5.41, 5.74) is 7.48. The average Bonchev–Trinajstić information content (AvgIpc) is 3.40. The first kappa shape index (κ1) is 30.5. The van der Waals surface area contributed by atoms with Gasteiger partial charge in [0.05, 0.1) is 22.9 Å². The maximum absolute atomic E-state index is 15.4. The molecule has 0 radical (unpaired) electrons. The van der Waals surface area contributed by atoms with Gasteiger partial charge in [0.15, 0.2) is 5.65 Å². The molecule has 2 fully saturated rings. The zero-order chi connectivity index (χ0) is 31.0. The lowest BCUT2D eigenvalue weighted by molar-refractivity contribution is 0.0815. The predicted octanol–water partition coefficient (Wildman–Crippen LogP) is 3.13. The molecule has 1 aliphatic carbocycles. The fourth-order valence-corrected chi connectivity index (χ4v) is 8.12. The topological polar surface area (TPSA) is 162 Å². The number of likely N-dealkylation sites (N-methyl/N-ethyl adjacent to an activating group) is 1. The lowest BCUT2D eigenvalue weighted by atomic mass is 9.90. The van der Waals surface area contributed by atoms with Crippen LogP contribution in [-0.4, -0.2) is 86.0 Å². The minimum atomic E-state index is -4.14. The average molecular weight is 642 g/mol. The van der Waals surface area contributed by atoms with Crippen LogP contribution in [0.2, 0.25) is 0 Å². The Morgan fingerprint density at radius 1 is 1.05 bits per heavy atom. The summed E-state index contributed by atoms with van der Waals surface area (Å²) in [4.78, 5) is 13.5. The van der Waals surface area contributed by atoms with Crippen LogP contribution in [0.4, 0.5) is 15.9 Å². The second-order valence-corrected chi connectivity index (χ2v) is 14.1. The maximum Gasteiger partial charge on any atom is 0.237 e. The first-order valence-corrected chi connectivity index (χ1v) is 17.2. The Bertz CT molecular complexity index is 1800. The number of fused-ring (bicyclic) bond motifs is 1. The van der Waals surface area contributed by atoms with E-state index < -0.39 is 32.7 Å². The van der Waals surface area contributed by atoms with E-state index in [1.807, 2.05) is 4.68 Å². The third kappa shape index (κ3) is 6.33. The highest BCUT2D eigenvalue weighted by Crippen LogP contribution is 2.37. The maximum atomic E-state index is 15.4. The number of anilines is 2. The van der Waals surface area contributed by atoms with Crippen molar-refractivity contribution in [3.63, 3.8) is 0 Å². The highest BCUT2D eigenvalue weighted by atomic mass is 32.2. The molecule has 0 bridgehead atoms. The Morgan fingerprint density at radius 2 is 1.75 bits per heavy atom. The molecule has 0 amide bonds. The minimum absolute atomic E-state index is 0.0791. The van der Waals surface area contributed by atoms with Crippen molar-refractivity contribution in [3.8, 4) is 11.3 Å². The van der Waals surface area contributed by atoms with Crippen LogP contribution in [0.3, 0.4) is 0 Å². The molecule has 3 heterocycles. The molecule has 3 N–H and O–H groups in total. The van der Waals surface area contributed by atoms with Crippen molar-refractivity contribution >= 4 is 43.6 Å². The number of nitrogens with two attached hydrogens (primary N) is 1. The molecular formula is C29H34FN8O4S2-. The number of nitrogen functional groups attached to an aromatic ring is 1. The summed E-state index contributed by atoms with van der Waals surface area (Å²) in [5, 5.41) is 5.39. The van der Waals surface area contributed by atoms with Gasteiger partial charge in [0.1, 0.15) is 23.7 Å². The molecule has 44 heavy (non-hydrogen) atoms. The molecule has 1 atom stereocenters. The molecule has 2 aliphatic rings. The normalized spacial score (nSPS) is 21.0. The van der Waals surface area contributed by atoms with E-state index in [-0.39, 0.29) is 28.0 Å². The largest absolute Gasteiger partial charge is 0.768 e. The number of sulfonamides is 1. The number of nitrogens with zero attached hydrogens (tertiary/aromatic N) is 6. The molecule has 15 heteroatoms. The zero-order valence-corrected chi connectivity index (χ0v) is 25.9. The first-order chi connectivity index (χ1) is 21.1. The highest BCUT2D eigenvalue weighted by molar-refractivity contribution is 7.92. The van der Waals surface area contributed by atoms with Gasteiger partial charge in [-0.3, -0.25) is 13.8 Å². The van der Waals surface area contributed by atoms with Gasteiger partial charge < -0.3 is 15.2 Å². The van der Waals surface area contributed by atoms with Crippen molar-refractivity contribution in [1.82, 2.24) is 29.5 Å². The Balaban J connectivity index is 1.23. The summed E-state index contributed by atoms with van der Waals surface area (Å²) < 4.78 is 68.2. The van der Waals surface area contributed by atoms with Gasteiger partial charge >= 0.3 is 0 Å². The van der Waals surface area contributed by atoms with Gasteiger partial charge in [0, 0.05) is 42.7 Å². The summed E-state index contributed by atoms with van der Waals surface area (Å²) in [5.74, 6) is -1.24. The van der Waals surface area contributed by atoms with Crippen molar-refractivity contribution in [1.29, 1.82) is 0 Å². The fraction of sp³-hybridized carbons (Fsp3) is 0.414. The van der Waals surface area contributed by atoms with E-state index in [4.69, 9.17) is 10.8 Å². The van der Waals surface area contributed by atoms with Crippen LogP contribution in [0, 0.1) is 5.82 Å². The van der Waals surface area contributed by atoms with Crippen molar-refractivity contribution < 1.29 is 21.6 Å². The van der Waals surface area contributed by atoms with E-state index in [0.717, 1.165) is 51.9 Å². The molecule has 1 saturated heterocycles. The first-order valence-electron chi connectivity index (χ1n) is 14.5. The van der Waals surface area contributed by atoms with E-state index in [2.05, 4.69) is 31.5 Å². The smallest absolute Gasteiger partial charge is 0.237 e. The van der Waals surface area contributed by atoms with Crippen molar-refractivity contribution in [2.45, 2.75) is 48.4 Å². The fourth-order valence-electron chi connectivity index (χ4n) is 6.25. The predicted molar refractivity (Wildman–Crippen MR) is 165 cm³/mol. The number of benzene rings is 2. The molecule has 234 valence electrons. The standard InChI is InChI=1S/C29H35FN8O4S2/c1-36-12-14-37(15-13-36)21-7-9-22(10-8-21)38-29-26(28(31)32-18-33-29)27(34-38)19-6-11-24(23(30)16-19)35-44(41,42)17-20-4-2-3-5-25(20)43(39)40/h2-6,11,16,18,21-22,35H,7-10,12-15,17H2,1H3,(H,39,40)(H2,31,32,33)/p-1. The third-order valence-electron chi connectivity index (χ3n) is 8.59. The number of aromatic nitrogens is 4. The SMILES string of the molecule is CN1CCN(C2CCC(n3nc(-c4ccc(NS(=O)(=O)Cc5ccccc5S(=O)[O-])c(F)c4)c4c(N)ncnc43)CC2)CC1.